The van der Waals surface area contributed by atoms with E-state index in [2.05, 4.69) is 32.3 Å². The molecule has 0 aliphatic carbocycles. The fourth-order valence-electron chi connectivity index (χ4n) is 1.60. The van der Waals surface area contributed by atoms with Crippen molar-refractivity contribution in [1.29, 1.82) is 5.26 Å². The number of halogens is 1. The molecule has 4 heteroatoms. The third kappa shape index (κ3) is 2.52. The van der Waals surface area contributed by atoms with Crippen molar-refractivity contribution in [2.24, 2.45) is 0 Å². The maximum absolute atomic E-state index is 9.14. The summed E-state index contributed by atoms with van der Waals surface area (Å²) in [7, 11) is 0. The lowest BCUT2D eigenvalue weighted by Crippen LogP contribution is -1.98. The number of aryl methyl sites for hydroxylation is 2. The molecule has 1 aromatic carbocycles. The average molecular weight is 302 g/mol. The minimum atomic E-state index is 0.578. The van der Waals surface area contributed by atoms with Gasteiger partial charge in [-0.2, -0.15) is 5.26 Å². The van der Waals surface area contributed by atoms with Crippen LogP contribution in [0.25, 0.3) is 0 Å². The van der Waals surface area contributed by atoms with Crippen LogP contribution >= 0.6 is 15.9 Å². The standard InChI is InChI=1S/C14H12BrN3/c1-9-5-6-17-14(12(9)8-16)18-11-4-3-10(2)13(15)7-11/h3-7H,1-2H3,(H,17,18). The fraction of sp³-hybridized carbons (Fsp3) is 0.143. The van der Waals surface area contributed by atoms with Gasteiger partial charge in [0.25, 0.3) is 0 Å². The lowest BCUT2D eigenvalue weighted by molar-refractivity contribution is 1.24. The van der Waals surface area contributed by atoms with Gasteiger partial charge >= 0.3 is 0 Å². The van der Waals surface area contributed by atoms with Gasteiger partial charge < -0.3 is 5.32 Å². The smallest absolute Gasteiger partial charge is 0.148 e. The number of nitrogens with zero attached hydrogens (tertiary/aromatic N) is 2. The summed E-state index contributed by atoms with van der Waals surface area (Å²) in [6.07, 6.45) is 1.70. The first-order valence-corrected chi connectivity index (χ1v) is 6.30. The summed E-state index contributed by atoms with van der Waals surface area (Å²) in [5, 5.41) is 12.3. The molecule has 2 rings (SSSR count). The van der Waals surface area contributed by atoms with E-state index in [-0.39, 0.29) is 0 Å². The number of aromatic nitrogens is 1. The van der Waals surface area contributed by atoms with Crippen molar-refractivity contribution in [2.45, 2.75) is 13.8 Å². The maximum Gasteiger partial charge on any atom is 0.148 e. The summed E-state index contributed by atoms with van der Waals surface area (Å²) in [6, 6.07) is 9.95. The Morgan fingerprint density at radius 1 is 1.22 bits per heavy atom. The summed E-state index contributed by atoms with van der Waals surface area (Å²) < 4.78 is 1.03. The maximum atomic E-state index is 9.14. The molecule has 1 N–H and O–H groups in total. The highest BCUT2D eigenvalue weighted by Crippen LogP contribution is 2.25. The molecule has 0 bridgehead atoms. The van der Waals surface area contributed by atoms with E-state index in [0.29, 0.717) is 11.4 Å². The molecule has 1 aromatic heterocycles. The first kappa shape index (κ1) is 12.6. The normalized spacial score (nSPS) is 9.89. The van der Waals surface area contributed by atoms with Gasteiger partial charge in [-0.3, -0.25) is 0 Å². The summed E-state index contributed by atoms with van der Waals surface area (Å²) >= 11 is 3.48. The van der Waals surface area contributed by atoms with Gasteiger partial charge in [-0.25, -0.2) is 4.98 Å². The molecule has 3 nitrogen and oxygen atoms in total. The van der Waals surface area contributed by atoms with Crippen molar-refractivity contribution in [2.75, 3.05) is 5.32 Å². The fourth-order valence-corrected chi connectivity index (χ4v) is 1.98. The van der Waals surface area contributed by atoms with Crippen LogP contribution in [0, 0.1) is 25.2 Å². The van der Waals surface area contributed by atoms with Crippen LogP contribution in [0.1, 0.15) is 16.7 Å². The first-order chi connectivity index (χ1) is 8.61. The number of hydrogen-bond acceptors (Lipinski definition) is 3. The van der Waals surface area contributed by atoms with Crippen molar-refractivity contribution < 1.29 is 0 Å². The van der Waals surface area contributed by atoms with E-state index >= 15 is 0 Å². The van der Waals surface area contributed by atoms with Gasteiger partial charge in [0.1, 0.15) is 11.9 Å². The molecule has 0 aliphatic heterocycles. The van der Waals surface area contributed by atoms with Crippen molar-refractivity contribution in [3.8, 4) is 6.07 Å². The topological polar surface area (TPSA) is 48.7 Å². The lowest BCUT2D eigenvalue weighted by atomic mass is 10.1. The Bertz CT molecular complexity index is 629. The number of pyridine rings is 1. The molecule has 0 fully saturated rings. The van der Waals surface area contributed by atoms with E-state index in [1.807, 2.05) is 38.1 Å². The number of anilines is 2. The minimum absolute atomic E-state index is 0.578. The Morgan fingerprint density at radius 3 is 2.67 bits per heavy atom. The number of benzene rings is 1. The van der Waals surface area contributed by atoms with Gasteiger partial charge in [0.05, 0.1) is 5.56 Å². The van der Waals surface area contributed by atoms with Crippen molar-refractivity contribution in [1.82, 2.24) is 4.98 Å². The second-order valence-electron chi connectivity index (χ2n) is 4.05. The third-order valence-corrected chi connectivity index (χ3v) is 3.56. The van der Waals surface area contributed by atoms with Crippen LogP contribution in [-0.4, -0.2) is 4.98 Å². The molecule has 0 saturated carbocycles. The molecule has 90 valence electrons. The van der Waals surface area contributed by atoms with Crippen molar-refractivity contribution in [3.63, 3.8) is 0 Å². The van der Waals surface area contributed by atoms with Crippen LogP contribution in [0.4, 0.5) is 11.5 Å². The van der Waals surface area contributed by atoms with Crippen molar-refractivity contribution >= 4 is 27.4 Å². The number of hydrogen-bond donors (Lipinski definition) is 1. The summed E-state index contributed by atoms with van der Waals surface area (Å²) in [6.45, 7) is 3.93. The van der Waals surface area contributed by atoms with E-state index in [4.69, 9.17) is 5.26 Å². The zero-order valence-electron chi connectivity index (χ0n) is 10.2. The van der Waals surface area contributed by atoms with Gasteiger partial charge in [-0.1, -0.05) is 22.0 Å². The summed E-state index contributed by atoms with van der Waals surface area (Å²) in [5.74, 6) is 0.591. The average Bonchev–Trinajstić information content (AvgIpc) is 2.34. The highest BCUT2D eigenvalue weighted by Gasteiger charge is 2.07. The molecule has 0 radical (unpaired) electrons. The molecular formula is C14H12BrN3. The number of rotatable bonds is 2. The zero-order chi connectivity index (χ0) is 13.1. The zero-order valence-corrected chi connectivity index (χ0v) is 11.7. The predicted molar refractivity (Wildman–Crippen MR) is 75.9 cm³/mol. The second kappa shape index (κ2) is 5.19. The van der Waals surface area contributed by atoms with Crippen molar-refractivity contribution in [3.05, 3.63) is 51.6 Å². The molecule has 0 saturated heterocycles. The molecule has 0 atom stereocenters. The van der Waals surface area contributed by atoms with Crippen LogP contribution in [-0.2, 0) is 0 Å². The van der Waals surface area contributed by atoms with Gasteiger partial charge in [0.2, 0.25) is 0 Å². The van der Waals surface area contributed by atoms with E-state index in [1.165, 1.54) is 5.56 Å². The van der Waals surface area contributed by atoms with E-state index in [9.17, 15) is 0 Å². The summed E-state index contributed by atoms with van der Waals surface area (Å²) in [4.78, 5) is 4.21. The SMILES string of the molecule is Cc1ccc(Nc2nccc(C)c2C#N)cc1Br. The molecule has 0 unspecified atom stereocenters. The van der Waals surface area contributed by atoms with Gasteiger partial charge in [0, 0.05) is 16.4 Å². The monoisotopic (exact) mass is 301 g/mol. The van der Waals surface area contributed by atoms with E-state index in [1.54, 1.807) is 6.20 Å². The quantitative estimate of drug-likeness (QED) is 0.909. The molecule has 0 aliphatic rings. The van der Waals surface area contributed by atoms with Gasteiger partial charge in [-0.05, 0) is 43.2 Å². The first-order valence-electron chi connectivity index (χ1n) is 5.50. The van der Waals surface area contributed by atoms with E-state index in [0.717, 1.165) is 15.7 Å². The minimum Gasteiger partial charge on any atom is -0.339 e. The molecule has 0 spiro atoms. The second-order valence-corrected chi connectivity index (χ2v) is 4.91. The Labute approximate surface area is 115 Å². The lowest BCUT2D eigenvalue weighted by Gasteiger charge is -2.09. The van der Waals surface area contributed by atoms with Crippen LogP contribution in [0.15, 0.2) is 34.9 Å². The van der Waals surface area contributed by atoms with Gasteiger partial charge in [-0.15, -0.1) is 0 Å². The summed E-state index contributed by atoms with van der Waals surface area (Å²) in [5.41, 5.74) is 3.57. The molecule has 18 heavy (non-hydrogen) atoms. The molecule has 1 heterocycles. The number of nitriles is 1. The molecule has 2 aromatic rings. The largest absolute Gasteiger partial charge is 0.339 e. The molecule has 0 amide bonds. The van der Waals surface area contributed by atoms with Crippen LogP contribution in [0.3, 0.4) is 0 Å². The van der Waals surface area contributed by atoms with Crippen LogP contribution < -0.4 is 5.32 Å². The number of nitrogens with one attached hydrogen (secondary N) is 1. The van der Waals surface area contributed by atoms with Gasteiger partial charge in [0.15, 0.2) is 0 Å². The highest BCUT2D eigenvalue weighted by molar-refractivity contribution is 9.10. The Hall–Kier alpha value is -1.86. The Morgan fingerprint density at radius 2 is 2.00 bits per heavy atom. The Kier molecular flexibility index (Phi) is 3.63. The predicted octanol–water partition coefficient (Wildman–Crippen LogP) is 4.08. The third-order valence-electron chi connectivity index (χ3n) is 2.71. The van der Waals surface area contributed by atoms with Crippen LogP contribution in [0.2, 0.25) is 0 Å². The van der Waals surface area contributed by atoms with Crippen LogP contribution in [0.5, 0.6) is 0 Å². The molecular weight excluding hydrogens is 290 g/mol. The highest BCUT2D eigenvalue weighted by atomic mass is 79.9. The van der Waals surface area contributed by atoms with E-state index < -0.39 is 0 Å². The Balaban J connectivity index is 2.37.